The molecule has 1 aliphatic rings. The number of aliphatic imine (C=N–C) groups is 1. The summed E-state index contributed by atoms with van der Waals surface area (Å²) in [5, 5.41) is 10.9. The topological polar surface area (TPSA) is 62.1 Å². The third kappa shape index (κ3) is 4.98. The van der Waals surface area contributed by atoms with E-state index in [0.29, 0.717) is 28.8 Å². The highest BCUT2D eigenvalue weighted by atomic mass is 35.5. The van der Waals surface area contributed by atoms with Crippen LogP contribution in [0.5, 0.6) is 11.5 Å². The molecule has 32 heavy (non-hydrogen) atoms. The normalized spacial score (nSPS) is 16.2. The number of benzene rings is 3. The van der Waals surface area contributed by atoms with Gasteiger partial charge in [0.1, 0.15) is 0 Å². The minimum Gasteiger partial charge on any atom is -0.503 e. The van der Waals surface area contributed by atoms with Crippen LogP contribution in [-0.2, 0) is 11.3 Å². The number of phenols is 1. The minimum atomic E-state index is -0.143. The van der Waals surface area contributed by atoms with Crippen LogP contribution in [0.15, 0.2) is 82.7 Å². The molecule has 0 aromatic heterocycles. The van der Waals surface area contributed by atoms with Crippen molar-refractivity contribution in [1.82, 2.24) is 4.90 Å². The Morgan fingerprint density at radius 3 is 2.47 bits per heavy atom. The zero-order valence-electron chi connectivity index (χ0n) is 17.4. The lowest BCUT2D eigenvalue weighted by atomic mass is 10.1. The van der Waals surface area contributed by atoms with Gasteiger partial charge in [-0.3, -0.25) is 9.69 Å². The number of carbonyl (C=O) groups is 1. The summed E-state index contributed by atoms with van der Waals surface area (Å²) in [7, 11) is 0. The lowest BCUT2D eigenvalue weighted by Crippen LogP contribution is -2.28. The van der Waals surface area contributed by atoms with Crippen molar-refractivity contribution in [2.24, 2.45) is 4.99 Å². The van der Waals surface area contributed by atoms with E-state index in [9.17, 15) is 9.90 Å². The highest BCUT2D eigenvalue weighted by molar-refractivity contribution is 8.18. The highest BCUT2D eigenvalue weighted by Crippen LogP contribution is 2.39. The minimum absolute atomic E-state index is 0.113. The largest absolute Gasteiger partial charge is 0.503 e. The predicted octanol–water partition coefficient (Wildman–Crippen LogP) is 6.25. The Labute approximate surface area is 196 Å². The lowest BCUT2D eigenvalue weighted by molar-refractivity contribution is -0.122. The van der Waals surface area contributed by atoms with Crippen molar-refractivity contribution >= 4 is 46.2 Å². The zero-order chi connectivity index (χ0) is 22.5. The molecule has 1 heterocycles. The van der Waals surface area contributed by atoms with E-state index in [1.165, 1.54) is 11.8 Å². The number of phenolic OH excluding ortho intramolecular Hbond substituents is 1. The Kier molecular flexibility index (Phi) is 6.83. The Hall–Kier alpha value is -3.22. The van der Waals surface area contributed by atoms with Crippen LogP contribution >= 0.6 is 23.4 Å². The van der Waals surface area contributed by atoms with Gasteiger partial charge in [-0.1, -0.05) is 60.1 Å². The van der Waals surface area contributed by atoms with Crippen LogP contribution in [0.2, 0.25) is 5.02 Å². The quantitative estimate of drug-likeness (QED) is 0.438. The van der Waals surface area contributed by atoms with Crippen LogP contribution in [0, 0.1) is 0 Å². The summed E-state index contributed by atoms with van der Waals surface area (Å²) in [5.41, 5.74) is 2.44. The third-order valence-electron chi connectivity index (χ3n) is 4.70. The first-order valence-corrected chi connectivity index (χ1v) is 11.3. The summed E-state index contributed by atoms with van der Waals surface area (Å²) in [6, 6.07) is 22.6. The van der Waals surface area contributed by atoms with Gasteiger partial charge in [0.05, 0.1) is 28.8 Å². The van der Waals surface area contributed by atoms with E-state index in [2.05, 4.69) is 0 Å². The van der Waals surface area contributed by atoms with Gasteiger partial charge in [-0.25, -0.2) is 4.99 Å². The van der Waals surface area contributed by atoms with Crippen LogP contribution in [0.1, 0.15) is 18.1 Å². The maximum absolute atomic E-state index is 13.3. The molecule has 0 spiro atoms. The van der Waals surface area contributed by atoms with E-state index in [-0.39, 0.29) is 22.4 Å². The molecule has 1 amide bonds. The van der Waals surface area contributed by atoms with Gasteiger partial charge < -0.3 is 9.84 Å². The van der Waals surface area contributed by atoms with E-state index in [4.69, 9.17) is 21.3 Å². The molecular formula is C25H21ClN2O3S. The first-order valence-electron chi connectivity index (χ1n) is 10.1. The Morgan fingerprint density at radius 1 is 1.09 bits per heavy atom. The van der Waals surface area contributed by atoms with Crippen molar-refractivity contribution in [2.75, 3.05) is 6.61 Å². The zero-order valence-corrected chi connectivity index (χ0v) is 18.9. The molecule has 0 saturated carbocycles. The second-order valence-corrected chi connectivity index (χ2v) is 8.42. The number of amidine groups is 1. The average molecular weight is 465 g/mol. The molecule has 1 aliphatic heterocycles. The number of ether oxygens (including phenoxy) is 1. The second kappa shape index (κ2) is 9.94. The van der Waals surface area contributed by atoms with Gasteiger partial charge in [0.25, 0.3) is 5.91 Å². The molecule has 0 unspecified atom stereocenters. The lowest BCUT2D eigenvalue weighted by Gasteiger charge is -2.15. The summed E-state index contributed by atoms with van der Waals surface area (Å²) in [5.74, 6) is 0.0235. The number of hydrogen-bond donors (Lipinski definition) is 1. The van der Waals surface area contributed by atoms with Crippen molar-refractivity contribution in [3.8, 4) is 11.5 Å². The molecule has 0 aliphatic carbocycles. The standard InChI is InChI=1S/C25H21ClN2O3S/c1-2-31-21-14-18(13-20(26)23(21)29)15-22-24(30)28(16-17-9-5-3-6-10-17)25(32-22)27-19-11-7-4-8-12-19/h3-15,29H,2,16H2,1H3/b22-15+,27-25?. The van der Waals surface area contributed by atoms with Gasteiger partial charge in [0.2, 0.25) is 0 Å². The Bertz CT molecular complexity index is 1180. The van der Waals surface area contributed by atoms with Crippen molar-refractivity contribution in [3.63, 3.8) is 0 Å². The number of rotatable bonds is 6. The van der Waals surface area contributed by atoms with Gasteiger partial charge in [0.15, 0.2) is 16.7 Å². The molecule has 0 radical (unpaired) electrons. The van der Waals surface area contributed by atoms with E-state index in [1.54, 1.807) is 23.1 Å². The van der Waals surface area contributed by atoms with Crippen molar-refractivity contribution < 1.29 is 14.6 Å². The molecule has 5 nitrogen and oxygen atoms in total. The monoisotopic (exact) mass is 464 g/mol. The van der Waals surface area contributed by atoms with E-state index < -0.39 is 0 Å². The predicted molar refractivity (Wildman–Crippen MR) is 130 cm³/mol. The van der Waals surface area contributed by atoms with Gasteiger partial charge in [0, 0.05) is 0 Å². The maximum atomic E-state index is 13.3. The summed E-state index contributed by atoms with van der Waals surface area (Å²) in [6.45, 7) is 2.62. The van der Waals surface area contributed by atoms with Crippen LogP contribution in [0.3, 0.4) is 0 Å². The first kappa shape index (κ1) is 22.0. The van der Waals surface area contributed by atoms with E-state index in [0.717, 1.165) is 11.3 Å². The fourth-order valence-electron chi connectivity index (χ4n) is 3.20. The van der Waals surface area contributed by atoms with Crippen molar-refractivity contribution in [1.29, 1.82) is 0 Å². The molecule has 7 heteroatoms. The molecule has 1 saturated heterocycles. The first-order chi connectivity index (χ1) is 15.5. The number of hydrogen-bond acceptors (Lipinski definition) is 5. The third-order valence-corrected chi connectivity index (χ3v) is 6.00. The Morgan fingerprint density at radius 2 is 1.78 bits per heavy atom. The van der Waals surface area contributed by atoms with Crippen LogP contribution < -0.4 is 4.74 Å². The fourth-order valence-corrected chi connectivity index (χ4v) is 4.42. The molecule has 0 bridgehead atoms. The second-order valence-electron chi connectivity index (χ2n) is 7.00. The summed E-state index contributed by atoms with van der Waals surface area (Å²) < 4.78 is 5.46. The van der Waals surface area contributed by atoms with Crippen molar-refractivity contribution in [3.05, 3.63) is 93.9 Å². The van der Waals surface area contributed by atoms with Gasteiger partial charge in [-0.05, 0) is 60.2 Å². The van der Waals surface area contributed by atoms with E-state index in [1.807, 2.05) is 67.6 Å². The molecule has 1 fully saturated rings. The molecule has 1 N–H and O–H groups in total. The van der Waals surface area contributed by atoms with Crippen molar-refractivity contribution in [2.45, 2.75) is 13.5 Å². The van der Waals surface area contributed by atoms with Gasteiger partial charge in [-0.15, -0.1) is 0 Å². The highest BCUT2D eigenvalue weighted by Gasteiger charge is 2.33. The van der Waals surface area contributed by atoms with Crippen LogP contribution in [0.25, 0.3) is 6.08 Å². The molecule has 3 aromatic rings. The smallest absolute Gasteiger partial charge is 0.267 e. The molecule has 0 atom stereocenters. The number of carbonyl (C=O) groups excluding carboxylic acids is 1. The number of aromatic hydroxyl groups is 1. The number of para-hydroxylation sites is 1. The van der Waals surface area contributed by atoms with Crippen LogP contribution in [0.4, 0.5) is 5.69 Å². The number of amides is 1. The average Bonchev–Trinajstić information content (AvgIpc) is 3.07. The number of nitrogens with zero attached hydrogens (tertiary/aromatic N) is 2. The maximum Gasteiger partial charge on any atom is 0.267 e. The molecular weight excluding hydrogens is 444 g/mol. The summed E-state index contributed by atoms with van der Waals surface area (Å²) in [4.78, 5) is 20.2. The van der Waals surface area contributed by atoms with Crippen LogP contribution in [-0.4, -0.2) is 27.7 Å². The SMILES string of the molecule is CCOc1cc(/C=C2/SC(=Nc3ccccc3)N(Cc3ccccc3)C2=O)cc(Cl)c1O. The van der Waals surface area contributed by atoms with Gasteiger partial charge >= 0.3 is 0 Å². The molecule has 3 aromatic carbocycles. The Balaban J connectivity index is 1.71. The summed E-state index contributed by atoms with van der Waals surface area (Å²) >= 11 is 7.47. The fraction of sp³-hybridized carbons (Fsp3) is 0.120. The molecule has 162 valence electrons. The van der Waals surface area contributed by atoms with E-state index >= 15 is 0 Å². The molecule has 4 rings (SSSR count). The number of halogens is 1. The number of thioether (sulfide) groups is 1. The summed E-state index contributed by atoms with van der Waals surface area (Å²) in [6.07, 6.45) is 1.74. The van der Waals surface area contributed by atoms with Gasteiger partial charge in [-0.2, -0.15) is 0 Å².